The zero-order chi connectivity index (χ0) is 19.9. The number of aromatic nitrogens is 2. The van der Waals surface area contributed by atoms with E-state index in [1.54, 1.807) is 36.4 Å². The van der Waals surface area contributed by atoms with E-state index in [9.17, 15) is 14.0 Å². The minimum Gasteiger partial charge on any atom is -0.322 e. The molecule has 0 saturated heterocycles. The van der Waals surface area contributed by atoms with Crippen LogP contribution in [0.15, 0.2) is 67.1 Å². The quantitative estimate of drug-likeness (QED) is 0.634. The van der Waals surface area contributed by atoms with Crippen LogP contribution in [0.5, 0.6) is 0 Å². The summed E-state index contributed by atoms with van der Waals surface area (Å²) in [4.78, 5) is 32.4. The Balaban J connectivity index is 1.71. The summed E-state index contributed by atoms with van der Waals surface area (Å²) in [5.41, 5.74) is 1.02. The van der Waals surface area contributed by atoms with Gasteiger partial charge < -0.3 is 10.6 Å². The van der Waals surface area contributed by atoms with Gasteiger partial charge in [0, 0.05) is 18.5 Å². The Labute approximate surface area is 165 Å². The summed E-state index contributed by atoms with van der Waals surface area (Å²) >= 11 is 5.78. The van der Waals surface area contributed by atoms with Gasteiger partial charge in [0.25, 0.3) is 5.91 Å². The smallest absolute Gasteiger partial charge is 0.258 e. The predicted octanol–water partition coefficient (Wildman–Crippen LogP) is 4.17. The first-order valence-electron chi connectivity index (χ1n) is 8.13. The average Bonchev–Trinajstić information content (AvgIpc) is 2.68. The van der Waals surface area contributed by atoms with Crippen molar-refractivity contribution in [2.45, 2.75) is 0 Å². The number of amides is 2. The largest absolute Gasteiger partial charge is 0.322 e. The lowest BCUT2D eigenvalue weighted by molar-refractivity contribution is -0.111. The number of hydrogen-bond acceptors (Lipinski definition) is 4. The second-order valence-corrected chi connectivity index (χ2v) is 6.06. The number of pyridine rings is 2. The van der Waals surface area contributed by atoms with Crippen LogP contribution in [-0.2, 0) is 4.79 Å². The van der Waals surface area contributed by atoms with Crippen LogP contribution < -0.4 is 10.6 Å². The van der Waals surface area contributed by atoms with Crippen LogP contribution in [0.1, 0.15) is 15.9 Å². The maximum atomic E-state index is 13.1. The van der Waals surface area contributed by atoms with Gasteiger partial charge in [0.15, 0.2) is 0 Å². The molecular weight excluding hydrogens is 383 g/mol. The van der Waals surface area contributed by atoms with Crippen LogP contribution in [0.3, 0.4) is 0 Å². The fraction of sp³-hybridized carbons (Fsp3) is 0. The maximum absolute atomic E-state index is 13.1. The third kappa shape index (κ3) is 5.21. The van der Waals surface area contributed by atoms with Crippen molar-refractivity contribution in [3.05, 3.63) is 89.1 Å². The molecule has 3 rings (SSSR count). The molecule has 140 valence electrons. The molecule has 0 saturated carbocycles. The Morgan fingerprint density at radius 2 is 1.86 bits per heavy atom. The number of carbonyl (C=O) groups is 2. The molecule has 0 fully saturated rings. The zero-order valence-corrected chi connectivity index (χ0v) is 15.2. The number of hydrogen-bond donors (Lipinski definition) is 2. The van der Waals surface area contributed by atoms with E-state index >= 15 is 0 Å². The van der Waals surface area contributed by atoms with E-state index in [1.807, 2.05) is 0 Å². The number of halogens is 2. The molecule has 1 aromatic carbocycles. The van der Waals surface area contributed by atoms with Gasteiger partial charge in [-0.1, -0.05) is 23.7 Å². The monoisotopic (exact) mass is 396 g/mol. The fourth-order valence-corrected chi connectivity index (χ4v) is 2.40. The van der Waals surface area contributed by atoms with E-state index < -0.39 is 17.6 Å². The Hall–Kier alpha value is -3.58. The highest BCUT2D eigenvalue weighted by atomic mass is 35.5. The Bertz CT molecular complexity index is 1040. The topological polar surface area (TPSA) is 84.0 Å². The van der Waals surface area contributed by atoms with Crippen molar-refractivity contribution >= 4 is 41.0 Å². The lowest BCUT2D eigenvalue weighted by Crippen LogP contribution is -2.17. The lowest BCUT2D eigenvalue weighted by Gasteiger charge is -2.10. The number of nitrogens with one attached hydrogen (secondary N) is 2. The highest BCUT2D eigenvalue weighted by molar-refractivity contribution is 6.30. The summed E-state index contributed by atoms with van der Waals surface area (Å²) in [6, 6.07) is 10.9. The SMILES string of the molecule is O=C(/C=C/c1cncc(F)c1)Nc1ccccc1C(=O)Nc1ccc(Cl)cn1. The van der Waals surface area contributed by atoms with Crippen molar-refractivity contribution in [1.29, 1.82) is 0 Å². The van der Waals surface area contributed by atoms with E-state index in [0.717, 1.165) is 6.20 Å². The molecule has 3 aromatic rings. The molecule has 6 nitrogen and oxygen atoms in total. The molecule has 0 spiro atoms. The molecule has 2 N–H and O–H groups in total. The third-order valence-corrected chi connectivity index (χ3v) is 3.78. The van der Waals surface area contributed by atoms with Gasteiger partial charge in [0.05, 0.1) is 22.5 Å². The Morgan fingerprint density at radius 1 is 1.04 bits per heavy atom. The van der Waals surface area contributed by atoms with Crippen molar-refractivity contribution < 1.29 is 14.0 Å². The molecule has 8 heteroatoms. The maximum Gasteiger partial charge on any atom is 0.258 e. The second kappa shape index (κ2) is 8.88. The average molecular weight is 397 g/mol. The second-order valence-electron chi connectivity index (χ2n) is 5.62. The molecular formula is C20H14ClFN4O2. The Kier molecular flexibility index (Phi) is 6.08. The molecule has 2 aromatic heterocycles. The fourth-order valence-electron chi connectivity index (χ4n) is 2.29. The van der Waals surface area contributed by atoms with E-state index in [0.29, 0.717) is 22.1 Å². The molecule has 0 aliphatic carbocycles. The number of rotatable bonds is 5. The highest BCUT2D eigenvalue weighted by Crippen LogP contribution is 2.18. The summed E-state index contributed by atoms with van der Waals surface area (Å²) in [5, 5.41) is 5.71. The van der Waals surface area contributed by atoms with Gasteiger partial charge >= 0.3 is 0 Å². The van der Waals surface area contributed by atoms with Crippen LogP contribution in [0, 0.1) is 5.82 Å². The minimum absolute atomic E-state index is 0.258. The molecule has 0 bridgehead atoms. The van der Waals surface area contributed by atoms with Crippen molar-refractivity contribution in [1.82, 2.24) is 9.97 Å². The summed E-state index contributed by atoms with van der Waals surface area (Å²) in [5.74, 6) is -1.09. The molecule has 28 heavy (non-hydrogen) atoms. The first-order chi connectivity index (χ1) is 13.5. The number of anilines is 2. The van der Waals surface area contributed by atoms with Crippen LogP contribution >= 0.6 is 11.6 Å². The van der Waals surface area contributed by atoms with Crippen LogP contribution in [0.2, 0.25) is 5.02 Å². The van der Waals surface area contributed by atoms with Gasteiger partial charge in [-0.2, -0.15) is 0 Å². The van der Waals surface area contributed by atoms with Crippen LogP contribution in [0.4, 0.5) is 15.9 Å². The van der Waals surface area contributed by atoms with Crippen molar-refractivity contribution in [3.63, 3.8) is 0 Å². The number of carbonyl (C=O) groups excluding carboxylic acids is 2. The van der Waals surface area contributed by atoms with Gasteiger partial charge in [0.1, 0.15) is 11.6 Å². The minimum atomic E-state index is -0.500. The lowest BCUT2D eigenvalue weighted by atomic mass is 10.1. The number of benzene rings is 1. The molecule has 2 heterocycles. The van der Waals surface area contributed by atoms with Crippen molar-refractivity contribution in [2.75, 3.05) is 10.6 Å². The van der Waals surface area contributed by atoms with Gasteiger partial charge in [-0.15, -0.1) is 0 Å². The summed E-state index contributed by atoms with van der Waals surface area (Å²) in [7, 11) is 0. The molecule has 0 aliphatic rings. The first kappa shape index (κ1) is 19.2. The van der Waals surface area contributed by atoms with E-state index in [1.165, 1.54) is 30.6 Å². The number of para-hydroxylation sites is 1. The zero-order valence-electron chi connectivity index (χ0n) is 14.4. The molecule has 0 atom stereocenters. The molecule has 0 aliphatic heterocycles. The number of nitrogens with zero attached hydrogens (tertiary/aromatic N) is 2. The summed E-state index contributed by atoms with van der Waals surface area (Å²) < 4.78 is 13.1. The van der Waals surface area contributed by atoms with E-state index in [2.05, 4.69) is 20.6 Å². The Morgan fingerprint density at radius 3 is 2.61 bits per heavy atom. The standard InChI is InChI=1S/C20H14ClFN4O2/c21-14-6-7-18(24-11-14)26-20(28)16-3-1-2-4-17(16)25-19(27)8-5-13-9-15(22)12-23-10-13/h1-12H,(H,25,27)(H,24,26,28)/b8-5+. The van der Waals surface area contributed by atoms with E-state index in [4.69, 9.17) is 11.6 Å². The predicted molar refractivity (Wildman–Crippen MR) is 106 cm³/mol. The molecule has 0 radical (unpaired) electrons. The normalized spacial score (nSPS) is 10.6. The summed E-state index contributed by atoms with van der Waals surface area (Å²) in [6.45, 7) is 0. The van der Waals surface area contributed by atoms with E-state index in [-0.39, 0.29) is 5.56 Å². The van der Waals surface area contributed by atoms with Crippen molar-refractivity contribution in [3.8, 4) is 0 Å². The van der Waals surface area contributed by atoms with Gasteiger partial charge in [-0.3, -0.25) is 14.6 Å². The highest BCUT2D eigenvalue weighted by Gasteiger charge is 2.13. The van der Waals surface area contributed by atoms with Crippen LogP contribution in [0.25, 0.3) is 6.08 Å². The van der Waals surface area contributed by atoms with Crippen LogP contribution in [-0.4, -0.2) is 21.8 Å². The van der Waals surface area contributed by atoms with Gasteiger partial charge in [-0.25, -0.2) is 9.37 Å². The van der Waals surface area contributed by atoms with Gasteiger partial charge in [0.2, 0.25) is 5.91 Å². The first-order valence-corrected chi connectivity index (χ1v) is 8.50. The third-order valence-electron chi connectivity index (χ3n) is 3.55. The van der Waals surface area contributed by atoms with Crippen molar-refractivity contribution in [2.24, 2.45) is 0 Å². The molecule has 2 amide bonds. The van der Waals surface area contributed by atoms with Gasteiger partial charge in [-0.05, 0) is 42.0 Å². The molecule has 0 unspecified atom stereocenters. The summed E-state index contributed by atoms with van der Waals surface area (Å²) in [6.07, 6.45) is 6.56.